The summed E-state index contributed by atoms with van der Waals surface area (Å²) in [4.78, 5) is 17.6. The van der Waals surface area contributed by atoms with E-state index in [4.69, 9.17) is 10.7 Å². The number of rotatable bonds is 5. The summed E-state index contributed by atoms with van der Waals surface area (Å²) < 4.78 is 1.92. The Hall–Kier alpha value is -1.95. The smallest absolute Gasteiger partial charge is 0.252 e. The molecule has 0 saturated heterocycles. The number of aromatic nitrogens is 3. The number of nitrogens with zero attached hydrogens (tertiary/aromatic N) is 3. The lowest BCUT2D eigenvalue weighted by molar-refractivity contribution is 0.0954. The summed E-state index contributed by atoms with van der Waals surface area (Å²) in [6, 6.07) is 1.96. The van der Waals surface area contributed by atoms with Crippen molar-refractivity contribution in [3.8, 4) is 0 Å². The van der Waals surface area contributed by atoms with Gasteiger partial charge in [0.15, 0.2) is 5.65 Å². The van der Waals surface area contributed by atoms with Gasteiger partial charge in [-0.2, -0.15) is 5.10 Å². The molecule has 2 heterocycles. The quantitative estimate of drug-likeness (QED) is 0.872. The molecule has 6 heteroatoms. The van der Waals surface area contributed by atoms with Crippen LogP contribution in [0.3, 0.4) is 0 Å². The van der Waals surface area contributed by atoms with Crippen molar-refractivity contribution >= 4 is 16.9 Å². The highest BCUT2D eigenvalue weighted by Gasteiger charge is 2.25. The number of pyridine rings is 1. The van der Waals surface area contributed by atoms with Crippen LogP contribution in [0.15, 0.2) is 6.07 Å². The maximum absolute atomic E-state index is 12.8. The predicted molar refractivity (Wildman–Crippen MR) is 102 cm³/mol. The summed E-state index contributed by atoms with van der Waals surface area (Å²) in [5.41, 5.74) is 8.70. The molecule has 0 saturated carbocycles. The first-order valence-corrected chi connectivity index (χ1v) is 8.97. The van der Waals surface area contributed by atoms with Crippen LogP contribution < -0.4 is 11.1 Å². The largest absolute Gasteiger partial charge is 0.352 e. The van der Waals surface area contributed by atoms with E-state index in [1.165, 1.54) is 0 Å². The minimum atomic E-state index is -0.210. The highest BCUT2D eigenvalue weighted by molar-refractivity contribution is 6.06. The molecular weight excluding hydrogens is 314 g/mol. The number of carbonyl (C=O) groups excluding carboxylic acids is 1. The lowest BCUT2D eigenvalue weighted by atomic mass is 10.0. The number of nitrogens with one attached hydrogen (secondary N) is 1. The Morgan fingerprint density at radius 2 is 1.96 bits per heavy atom. The summed E-state index contributed by atoms with van der Waals surface area (Å²) in [6.45, 7) is 14.9. The van der Waals surface area contributed by atoms with Crippen molar-refractivity contribution in [1.82, 2.24) is 20.1 Å². The maximum atomic E-state index is 12.8. The van der Waals surface area contributed by atoms with Crippen molar-refractivity contribution in [1.29, 1.82) is 0 Å². The Morgan fingerprint density at radius 1 is 1.32 bits per heavy atom. The Balaban J connectivity index is 2.58. The van der Waals surface area contributed by atoms with Crippen LogP contribution in [0.2, 0.25) is 0 Å². The zero-order chi connectivity index (χ0) is 18.9. The van der Waals surface area contributed by atoms with Gasteiger partial charge in [0.05, 0.1) is 22.2 Å². The van der Waals surface area contributed by atoms with Crippen molar-refractivity contribution in [3.63, 3.8) is 0 Å². The third-order valence-electron chi connectivity index (χ3n) is 4.19. The first-order chi connectivity index (χ1) is 11.5. The highest BCUT2D eigenvalue weighted by Crippen LogP contribution is 2.28. The number of carbonyl (C=O) groups is 1. The van der Waals surface area contributed by atoms with Gasteiger partial charge in [-0.1, -0.05) is 13.8 Å². The van der Waals surface area contributed by atoms with Gasteiger partial charge >= 0.3 is 0 Å². The summed E-state index contributed by atoms with van der Waals surface area (Å²) >= 11 is 0. The lowest BCUT2D eigenvalue weighted by Gasteiger charge is -2.20. The summed E-state index contributed by atoms with van der Waals surface area (Å²) in [5.74, 6) is 0.134. The third kappa shape index (κ3) is 4.18. The van der Waals surface area contributed by atoms with Crippen LogP contribution in [0.1, 0.15) is 75.6 Å². The van der Waals surface area contributed by atoms with Crippen LogP contribution in [-0.4, -0.2) is 33.3 Å². The average molecular weight is 345 g/mol. The molecule has 0 aliphatic carbocycles. The number of amides is 1. The molecule has 138 valence electrons. The fraction of sp³-hybridized carbons (Fsp3) is 0.632. The SMILES string of the molecule is Cc1nn(C(C)(C)C)c2nc(C(C)C)cc(C(=O)NCCC(C)N)c12. The number of fused-ring (bicyclic) bond motifs is 1. The van der Waals surface area contributed by atoms with Crippen LogP contribution in [0.4, 0.5) is 0 Å². The molecule has 1 amide bonds. The lowest BCUT2D eigenvalue weighted by Crippen LogP contribution is -2.29. The topological polar surface area (TPSA) is 85.8 Å². The van der Waals surface area contributed by atoms with E-state index in [1.54, 1.807) is 0 Å². The fourth-order valence-corrected chi connectivity index (χ4v) is 2.76. The first-order valence-electron chi connectivity index (χ1n) is 8.97. The summed E-state index contributed by atoms with van der Waals surface area (Å²) in [6.07, 6.45) is 0.747. The van der Waals surface area contributed by atoms with Crippen molar-refractivity contribution in [2.75, 3.05) is 6.54 Å². The molecule has 25 heavy (non-hydrogen) atoms. The van der Waals surface area contributed by atoms with Crippen molar-refractivity contribution < 1.29 is 4.79 Å². The van der Waals surface area contributed by atoms with Crippen molar-refractivity contribution in [2.24, 2.45) is 5.73 Å². The average Bonchev–Trinajstić information content (AvgIpc) is 2.83. The zero-order valence-corrected chi connectivity index (χ0v) is 16.5. The fourth-order valence-electron chi connectivity index (χ4n) is 2.76. The molecule has 2 aromatic rings. The van der Waals surface area contributed by atoms with E-state index in [0.717, 1.165) is 28.8 Å². The Bertz CT molecular complexity index is 768. The molecule has 2 rings (SSSR count). The van der Waals surface area contributed by atoms with Gasteiger partial charge in [0.2, 0.25) is 0 Å². The van der Waals surface area contributed by atoms with E-state index in [1.807, 2.05) is 24.6 Å². The van der Waals surface area contributed by atoms with Crippen LogP contribution in [0, 0.1) is 6.92 Å². The number of hydrogen-bond donors (Lipinski definition) is 2. The minimum absolute atomic E-state index is 0.0642. The Labute approximate surface area is 150 Å². The molecule has 0 spiro atoms. The van der Waals surface area contributed by atoms with E-state index in [-0.39, 0.29) is 23.4 Å². The van der Waals surface area contributed by atoms with Gasteiger partial charge in [-0.25, -0.2) is 9.67 Å². The van der Waals surface area contributed by atoms with Gasteiger partial charge in [-0.15, -0.1) is 0 Å². The number of aryl methyl sites for hydroxylation is 1. The van der Waals surface area contributed by atoms with Gasteiger partial charge in [-0.3, -0.25) is 4.79 Å². The minimum Gasteiger partial charge on any atom is -0.352 e. The van der Waals surface area contributed by atoms with E-state index in [0.29, 0.717) is 12.1 Å². The van der Waals surface area contributed by atoms with Crippen LogP contribution in [0.25, 0.3) is 11.0 Å². The number of hydrogen-bond acceptors (Lipinski definition) is 4. The normalized spacial score (nSPS) is 13.5. The van der Waals surface area contributed by atoms with Gasteiger partial charge in [0.1, 0.15) is 0 Å². The Morgan fingerprint density at radius 3 is 2.48 bits per heavy atom. The molecule has 2 aromatic heterocycles. The van der Waals surface area contributed by atoms with E-state index in [2.05, 4.69) is 45.0 Å². The molecule has 0 aromatic carbocycles. The van der Waals surface area contributed by atoms with Gasteiger partial charge in [0.25, 0.3) is 5.91 Å². The van der Waals surface area contributed by atoms with Gasteiger partial charge in [-0.05, 0) is 53.0 Å². The van der Waals surface area contributed by atoms with E-state index >= 15 is 0 Å². The zero-order valence-electron chi connectivity index (χ0n) is 16.5. The molecule has 3 N–H and O–H groups in total. The molecule has 6 nitrogen and oxygen atoms in total. The van der Waals surface area contributed by atoms with E-state index < -0.39 is 0 Å². The molecule has 1 unspecified atom stereocenters. The Kier molecular flexibility index (Phi) is 5.52. The van der Waals surface area contributed by atoms with Crippen LogP contribution in [0.5, 0.6) is 0 Å². The summed E-state index contributed by atoms with van der Waals surface area (Å²) in [7, 11) is 0. The molecule has 1 atom stereocenters. The van der Waals surface area contributed by atoms with Crippen molar-refractivity contribution in [3.05, 3.63) is 23.0 Å². The van der Waals surface area contributed by atoms with Gasteiger partial charge in [0, 0.05) is 18.3 Å². The van der Waals surface area contributed by atoms with Crippen LogP contribution in [-0.2, 0) is 5.54 Å². The number of nitrogens with two attached hydrogens (primary N) is 1. The predicted octanol–water partition coefficient (Wildman–Crippen LogP) is 3.09. The highest BCUT2D eigenvalue weighted by atomic mass is 16.1. The molecule has 0 aliphatic heterocycles. The molecular formula is C19H31N5O. The van der Waals surface area contributed by atoms with Crippen LogP contribution >= 0.6 is 0 Å². The van der Waals surface area contributed by atoms with Crippen molar-refractivity contribution in [2.45, 2.75) is 72.4 Å². The second-order valence-corrected chi connectivity index (χ2v) is 8.14. The third-order valence-corrected chi connectivity index (χ3v) is 4.19. The standard InChI is InChI=1S/C19H31N5O/c1-11(2)15-10-14(18(25)21-9-8-12(3)20)16-13(4)23-24(17(16)22-15)19(5,6)7/h10-12H,8-9,20H2,1-7H3,(H,21,25). The molecule has 0 fully saturated rings. The molecule has 0 radical (unpaired) electrons. The van der Waals surface area contributed by atoms with Gasteiger partial charge < -0.3 is 11.1 Å². The monoisotopic (exact) mass is 345 g/mol. The second-order valence-electron chi connectivity index (χ2n) is 8.14. The molecule has 0 bridgehead atoms. The maximum Gasteiger partial charge on any atom is 0.252 e. The van der Waals surface area contributed by atoms with E-state index in [9.17, 15) is 4.79 Å². The first kappa shape index (κ1) is 19.4. The second kappa shape index (κ2) is 7.12. The summed E-state index contributed by atoms with van der Waals surface area (Å²) in [5, 5.41) is 8.48. The molecule has 0 aliphatic rings.